The molecule has 2 aromatic carbocycles. The van der Waals surface area contributed by atoms with E-state index in [0.29, 0.717) is 6.42 Å². The summed E-state index contributed by atoms with van der Waals surface area (Å²) in [6, 6.07) is 16.0. The summed E-state index contributed by atoms with van der Waals surface area (Å²) in [5, 5.41) is 12.3. The van der Waals surface area contributed by atoms with Gasteiger partial charge in [-0.2, -0.15) is 4.31 Å². The van der Waals surface area contributed by atoms with Crippen LogP contribution in [0.25, 0.3) is 0 Å². The highest BCUT2D eigenvalue weighted by Crippen LogP contribution is 2.25. The van der Waals surface area contributed by atoms with E-state index >= 15 is 0 Å². The lowest BCUT2D eigenvalue weighted by atomic mass is 9.94. The highest BCUT2D eigenvalue weighted by Gasteiger charge is 2.49. The fourth-order valence-corrected chi connectivity index (χ4v) is 4.50. The molecule has 166 valence electrons. The van der Waals surface area contributed by atoms with Gasteiger partial charge in [0.2, 0.25) is 21.8 Å². The van der Waals surface area contributed by atoms with Gasteiger partial charge in [-0.1, -0.05) is 42.5 Å². The minimum atomic E-state index is -3.65. The minimum Gasteiger partial charge on any atom is -0.508 e. The first-order chi connectivity index (χ1) is 14.6. The fraction of sp³-hybridized carbons (Fsp3) is 0.364. The minimum absolute atomic E-state index is 0.117. The van der Waals surface area contributed by atoms with Gasteiger partial charge in [-0.3, -0.25) is 9.59 Å². The Morgan fingerprint density at radius 2 is 1.74 bits per heavy atom. The van der Waals surface area contributed by atoms with Crippen molar-refractivity contribution in [3.05, 3.63) is 65.7 Å². The summed E-state index contributed by atoms with van der Waals surface area (Å²) < 4.78 is 25.3. The summed E-state index contributed by atoms with van der Waals surface area (Å²) >= 11 is 0. The van der Waals surface area contributed by atoms with Crippen LogP contribution < -0.4 is 5.32 Å². The molecule has 8 nitrogen and oxygen atoms in total. The summed E-state index contributed by atoms with van der Waals surface area (Å²) in [6.07, 6.45) is 1.50. The van der Waals surface area contributed by atoms with Crippen molar-refractivity contribution in [2.45, 2.75) is 25.4 Å². The van der Waals surface area contributed by atoms with Crippen LogP contribution in [0.5, 0.6) is 5.75 Å². The molecule has 1 aliphatic heterocycles. The van der Waals surface area contributed by atoms with Crippen molar-refractivity contribution in [3.8, 4) is 5.75 Å². The zero-order chi connectivity index (χ0) is 22.6. The van der Waals surface area contributed by atoms with Gasteiger partial charge in [0.25, 0.3) is 0 Å². The monoisotopic (exact) mass is 445 g/mol. The molecule has 0 radical (unpaired) electrons. The molecule has 0 aromatic heterocycles. The summed E-state index contributed by atoms with van der Waals surface area (Å²) in [4.78, 5) is 27.6. The molecule has 2 amide bonds. The SMILES string of the molecule is CC1(C(=O)NCc2ccccc2)CN(S(C)(=O)=O)CC(=O)N1CCc1ccc(O)cc1. The molecule has 31 heavy (non-hydrogen) atoms. The third kappa shape index (κ3) is 5.42. The number of nitrogens with one attached hydrogen (secondary N) is 1. The Balaban J connectivity index is 1.81. The van der Waals surface area contributed by atoms with Crippen molar-refractivity contribution >= 4 is 21.8 Å². The molecule has 1 unspecified atom stereocenters. The molecule has 0 aliphatic carbocycles. The van der Waals surface area contributed by atoms with Gasteiger partial charge in [0.05, 0.1) is 12.8 Å². The first kappa shape index (κ1) is 22.8. The molecular formula is C22H27N3O5S. The van der Waals surface area contributed by atoms with Crippen molar-refractivity contribution in [2.75, 3.05) is 25.9 Å². The van der Waals surface area contributed by atoms with Crippen LogP contribution in [0.3, 0.4) is 0 Å². The van der Waals surface area contributed by atoms with Crippen LogP contribution in [0, 0.1) is 0 Å². The Labute approximate surface area is 182 Å². The van der Waals surface area contributed by atoms with Crippen LogP contribution in [0.15, 0.2) is 54.6 Å². The molecule has 9 heteroatoms. The number of rotatable bonds is 7. The molecular weight excluding hydrogens is 418 g/mol. The van der Waals surface area contributed by atoms with Gasteiger partial charge in [-0.25, -0.2) is 8.42 Å². The van der Waals surface area contributed by atoms with E-state index in [4.69, 9.17) is 0 Å². The van der Waals surface area contributed by atoms with E-state index < -0.39 is 27.4 Å². The van der Waals surface area contributed by atoms with Crippen LogP contribution in [0.1, 0.15) is 18.1 Å². The summed E-state index contributed by atoms with van der Waals surface area (Å²) in [5.74, 6) is -0.691. The Hall–Kier alpha value is -2.91. The maximum Gasteiger partial charge on any atom is 0.247 e. The number of nitrogens with zero attached hydrogens (tertiary/aromatic N) is 2. The van der Waals surface area contributed by atoms with E-state index in [1.807, 2.05) is 30.3 Å². The summed E-state index contributed by atoms with van der Waals surface area (Å²) in [6.45, 7) is 1.70. The number of benzene rings is 2. The van der Waals surface area contributed by atoms with Gasteiger partial charge >= 0.3 is 0 Å². The number of hydrogen-bond donors (Lipinski definition) is 2. The smallest absolute Gasteiger partial charge is 0.247 e. The second kappa shape index (κ2) is 9.07. The molecule has 1 aliphatic rings. The van der Waals surface area contributed by atoms with Crippen LogP contribution in [-0.2, 0) is 32.6 Å². The first-order valence-corrected chi connectivity index (χ1v) is 11.8. The lowest BCUT2D eigenvalue weighted by molar-refractivity contribution is -0.152. The van der Waals surface area contributed by atoms with E-state index in [1.54, 1.807) is 31.2 Å². The number of phenolic OH excluding ortho intramolecular Hbond substituents is 1. The molecule has 1 saturated heterocycles. The summed E-state index contributed by atoms with van der Waals surface area (Å²) in [7, 11) is -3.65. The van der Waals surface area contributed by atoms with E-state index in [0.717, 1.165) is 21.7 Å². The van der Waals surface area contributed by atoms with Crippen molar-refractivity contribution in [1.82, 2.24) is 14.5 Å². The number of aromatic hydroxyl groups is 1. The van der Waals surface area contributed by atoms with Crippen LogP contribution >= 0.6 is 0 Å². The normalized spacial score (nSPS) is 19.9. The molecule has 0 saturated carbocycles. The number of amides is 2. The molecule has 2 aromatic rings. The van der Waals surface area contributed by atoms with Gasteiger partial charge < -0.3 is 15.3 Å². The summed E-state index contributed by atoms with van der Waals surface area (Å²) in [5.41, 5.74) is 0.435. The Morgan fingerprint density at radius 3 is 2.35 bits per heavy atom. The zero-order valence-corrected chi connectivity index (χ0v) is 18.4. The number of hydrogen-bond acceptors (Lipinski definition) is 5. The topological polar surface area (TPSA) is 107 Å². The van der Waals surface area contributed by atoms with Crippen molar-refractivity contribution < 1.29 is 23.1 Å². The van der Waals surface area contributed by atoms with Gasteiger partial charge in [-0.05, 0) is 36.6 Å². The van der Waals surface area contributed by atoms with E-state index in [9.17, 15) is 23.1 Å². The van der Waals surface area contributed by atoms with Gasteiger partial charge in [0.1, 0.15) is 11.3 Å². The molecule has 1 fully saturated rings. The quantitative estimate of drug-likeness (QED) is 0.664. The average Bonchev–Trinajstić information content (AvgIpc) is 2.72. The predicted molar refractivity (Wildman–Crippen MR) is 117 cm³/mol. The number of carbonyl (C=O) groups excluding carboxylic acids is 2. The van der Waals surface area contributed by atoms with Gasteiger partial charge in [0.15, 0.2) is 0 Å². The second-order valence-corrected chi connectivity index (χ2v) is 9.92. The Morgan fingerprint density at radius 1 is 1.10 bits per heavy atom. The maximum absolute atomic E-state index is 13.2. The number of carbonyl (C=O) groups is 2. The Kier molecular flexibility index (Phi) is 6.66. The lowest BCUT2D eigenvalue weighted by Crippen LogP contribution is -2.69. The van der Waals surface area contributed by atoms with Crippen molar-refractivity contribution in [1.29, 1.82) is 0 Å². The standard InChI is InChI=1S/C22H27N3O5S/c1-22(21(28)23-14-18-6-4-3-5-7-18)16-24(31(2,29)30)15-20(27)25(22)13-12-17-8-10-19(26)11-9-17/h3-11,26H,12-16H2,1-2H3,(H,23,28). The number of phenols is 1. The first-order valence-electron chi connectivity index (χ1n) is 9.95. The third-order valence-corrected chi connectivity index (χ3v) is 6.70. The van der Waals surface area contributed by atoms with Gasteiger partial charge in [-0.15, -0.1) is 0 Å². The van der Waals surface area contributed by atoms with Crippen LogP contribution in [0.4, 0.5) is 0 Å². The van der Waals surface area contributed by atoms with Crippen molar-refractivity contribution in [2.24, 2.45) is 0 Å². The largest absolute Gasteiger partial charge is 0.508 e. The number of sulfonamides is 1. The Bertz CT molecular complexity index is 1040. The fourth-order valence-electron chi connectivity index (χ4n) is 3.67. The molecule has 0 bridgehead atoms. The average molecular weight is 446 g/mol. The molecule has 0 spiro atoms. The molecule has 1 atom stereocenters. The number of piperazine rings is 1. The molecule has 1 heterocycles. The predicted octanol–water partition coefficient (Wildman–Crippen LogP) is 1.11. The lowest BCUT2D eigenvalue weighted by Gasteiger charge is -2.46. The zero-order valence-electron chi connectivity index (χ0n) is 17.6. The van der Waals surface area contributed by atoms with E-state index in [2.05, 4.69) is 5.32 Å². The van der Waals surface area contributed by atoms with Crippen molar-refractivity contribution in [3.63, 3.8) is 0 Å². The third-order valence-electron chi connectivity index (χ3n) is 5.51. The molecule has 3 rings (SSSR count). The maximum atomic E-state index is 13.2. The van der Waals surface area contributed by atoms with Gasteiger partial charge in [0, 0.05) is 19.6 Å². The highest BCUT2D eigenvalue weighted by molar-refractivity contribution is 7.88. The van der Waals surface area contributed by atoms with E-state index in [-0.39, 0.29) is 31.9 Å². The van der Waals surface area contributed by atoms with E-state index in [1.165, 1.54) is 4.90 Å². The molecule has 2 N–H and O–H groups in total. The highest BCUT2D eigenvalue weighted by atomic mass is 32.2. The second-order valence-electron chi connectivity index (χ2n) is 7.94. The van der Waals surface area contributed by atoms with Crippen LogP contribution in [-0.4, -0.2) is 66.0 Å². The van der Waals surface area contributed by atoms with Crippen LogP contribution in [0.2, 0.25) is 0 Å².